The summed E-state index contributed by atoms with van der Waals surface area (Å²) in [6.45, 7) is 6.49. The molecule has 1 aromatic rings. The Morgan fingerprint density at radius 2 is 2.14 bits per heavy atom. The molecule has 1 N–H and O–H groups in total. The van der Waals surface area contributed by atoms with E-state index in [9.17, 15) is 0 Å². The van der Waals surface area contributed by atoms with Crippen LogP contribution in [0, 0.1) is 12.3 Å². The normalized spacial score (nSPS) is 11.4. The molecule has 1 heterocycles. The number of nitrogens with zero attached hydrogens (tertiary/aromatic N) is 1. The number of rotatable bonds is 4. The van der Waals surface area contributed by atoms with Crippen molar-refractivity contribution in [2.75, 3.05) is 13.2 Å². The van der Waals surface area contributed by atoms with Crippen molar-refractivity contribution in [2.45, 2.75) is 20.8 Å². The first kappa shape index (κ1) is 11.0. The summed E-state index contributed by atoms with van der Waals surface area (Å²) in [5.41, 5.74) is 0.869. The van der Waals surface area contributed by atoms with Crippen LogP contribution in [0.3, 0.4) is 0 Å². The van der Waals surface area contributed by atoms with Gasteiger partial charge in [0.15, 0.2) is 0 Å². The van der Waals surface area contributed by atoms with Crippen LogP contribution in [-0.4, -0.2) is 23.3 Å². The molecule has 0 aliphatic rings. The fourth-order valence-electron chi connectivity index (χ4n) is 0.931. The second-order valence-corrected chi connectivity index (χ2v) is 4.31. The van der Waals surface area contributed by atoms with E-state index in [0.29, 0.717) is 6.61 Å². The summed E-state index contributed by atoms with van der Waals surface area (Å²) < 4.78 is 5.52. The molecule has 1 rings (SSSR count). The summed E-state index contributed by atoms with van der Waals surface area (Å²) >= 11 is 0. The van der Waals surface area contributed by atoms with E-state index >= 15 is 0 Å². The summed E-state index contributed by atoms with van der Waals surface area (Å²) in [4.78, 5) is 4.02. The molecule has 14 heavy (non-hydrogen) atoms. The molecule has 1 aromatic heterocycles. The maximum Gasteiger partial charge on any atom is 0.137 e. The Labute approximate surface area is 84.7 Å². The lowest BCUT2D eigenvalue weighted by atomic mass is 9.97. The smallest absolute Gasteiger partial charge is 0.137 e. The summed E-state index contributed by atoms with van der Waals surface area (Å²) in [5, 5.41) is 9.03. The molecule has 0 saturated heterocycles. The van der Waals surface area contributed by atoms with Crippen LogP contribution >= 0.6 is 0 Å². The van der Waals surface area contributed by atoms with Gasteiger partial charge in [0.25, 0.3) is 0 Å². The van der Waals surface area contributed by atoms with Gasteiger partial charge in [0.05, 0.1) is 19.4 Å². The number of aliphatic hydroxyl groups is 1. The second-order valence-electron chi connectivity index (χ2n) is 4.31. The van der Waals surface area contributed by atoms with Crippen LogP contribution in [0.4, 0.5) is 0 Å². The molecule has 0 unspecified atom stereocenters. The molecule has 0 atom stereocenters. The number of aromatic nitrogens is 1. The zero-order chi connectivity index (χ0) is 10.6. The van der Waals surface area contributed by atoms with Gasteiger partial charge in [-0.1, -0.05) is 13.8 Å². The van der Waals surface area contributed by atoms with Crippen LogP contribution in [0.25, 0.3) is 0 Å². The van der Waals surface area contributed by atoms with Crippen LogP contribution in [0.2, 0.25) is 0 Å². The highest BCUT2D eigenvalue weighted by Crippen LogP contribution is 2.17. The topological polar surface area (TPSA) is 42.4 Å². The number of hydrogen-bond donors (Lipinski definition) is 1. The molecular formula is C11H17NO2. The summed E-state index contributed by atoms with van der Waals surface area (Å²) in [7, 11) is 0. The molecule has 0 aliphatic heterocycles. The third-order valence-electron chi connectivity index (χ3n) is 1.91. The SMILES string of the molecule is Cc1cncc(OCC(C)(C)CO)c1. The Morgan fingerprint density at radius 3 is 2.71 bits per heavy atom. The summed E-state index contributed by atoms with van der Waals surface area (Å²) in [6, 6.07) is 1.93. The molecule has 3 heteroatoms. The molecule has 3 nitrogen and oxygen atoms in total. The Hall–Kier alpha value is -1.09. The fraction of sp³-hybridized carbons (Fsp3) is 0.545. The van der Waals surface area contributed by atoms with Gasteiger partial charge < -0.3 is 9.84 Å². The lowest BCUT2D eigenvalue weighted by molar-refractivity contribution is 0.0973. The Kier molecular flexibility index (Phi) is 3.47. The standard InChI is InChI=1S/C11H17NO2/c1-9-4-10(6-12-5-9)14-8-11(2,3)7-13/h4-6,13H,7-8H2,1-3H3. The predicted molar refractivity (Wildman–Crippen MR) is 55.3 cm³/mol. The highest BCUT2D eigenvalue weighted by Gasteiger charge is 2.17. The van der Waals surface area contributed by atoms with E-state index in [-0.39, 0.29) is 12.0 Å². The lowest BCUT2D eigenvalue weighted by Crippen LogP contribution is -2.25. The van der Waals surface area contributed by atoms with Crippen molar-refractivity contribution < 1.29 is 9.84 Å². The maximum absolute atomic E-state index is 9.03. The average Bonchev–Trinajstić information content (AvgIpc) is 2.15. The van der Waals surface area contributed by atoms with Crippen LogP contribution in [0.15, 0.2) is 18.5 Å². The minimum Gasteiger partial charge on any atom is -0.491 e. The van der Waals surface area contributed by atoms with Crippen molar-refractivity contribution in [1.82, 2.24) is 4.98 Å². The molecule has 0 aromatic carbocycles. The molecule has 0 fully saturated rings. The molecule has 78 valence electrons. The number of ether oxygens (including phenoxy) is 1. The number of aliphatic hydroxyl groups excluding tert-OH is 1. The Bertz CT molecular complexity index is 297. The molecule has 0 saturated carbocycles. The minimum atomic E-state index is -0.205. The van der Waals surface area contributed by atoms with Crippen LogP contribution < -0.4 is 4.74 Å². The van der Waals surface area contributed by atoms with E-state index in [2.05, 4.69) is 4.98 Å². The Balaban J connectivity index is 2.54. The van der Waals surface area contributed by atoms with Gasteiger partial charge in [0.1, 0.15) is 5.75 Å². The van der Waals surface area contributed by atoms with Crippen molar-refractivity contribution in [2.24, 2.45) is 5.41 Å². The molecule has 0 aliphatic carbocycles. The van der Waals surface area contributed by atoms with E-state index in [4.69, 9.17) is 9.84 Å². The number of pyridine rings is 1. The van der Waals surface area contributed by atoms with Crippen molar-refractivity contribution in [1.29, 1.82) is 0 Å². The van der Waals surface area contributed by atoms with Gasteiger partial charge in [-0.3, -0.25) is 4.98 Å². The molecular weight excluding hydrogens is 178 g/mol. The quantitative estimate of drug-likeness (QED) is 0.796. The van der Waals surface area contributed by atoms with E-state index in [1.807, 2.05) is 26.8 Å². The zero-order valence-electron chi connectivity index (χ0n) is 8.95. The van der Waals surface area contributed by atoms with Gasteiger partial charge >= 0.3 is 0 Å². The largest absolute Gasteiger partial charge is 0.491 e. The van der Waals surface area contributed by atoms with Crippen molar-refractivity contribution in [3.05, 3.63) is 24.0 Å². The number of aryl methyl sites for hydroxylation is 1. The van der Waals surface area contributed by atoms with E-state index in [1.54, 1.807) is 12.4 Å². The molecule has 0 spiro atoms. The monoisotopic (exact) mass is 195 g/mol. The van der Waals surface area contributed by atoms with E-state index in [0.717, 1.165) is 11.3 Å². The number of hydrogen-bond acceptors (Lipinski definition) is 3. The predicted octanol–water partition coefficient (Wildman–Crippen LogP) is 1.79. The summed E-state index contributed by atoms with van der Waals surface area (Å²) in [6.07, 6.45) is 3.46. The van der Waals surface area contributed by atoms with Crippen molar-refractivity contribution in [3.8, 4) is 5.75 Å². The third-order valence-corrected chi connectivity index (χ3v) is 1.91. The molecule has 0 bridgehead atoms. The van der Waals surface area contributed by atoms with Crippen molar-refractivity contribution >= 4 is 0 Å². The van der Waals surface area contributed by atoms with Gasteiger partial charge in [-0.25, -0.2) is 0 Å². The first-order valence-corrected chi connectivity index (χ1v) is 4.69. The fourth-order valence-corrected chi connectivity index (χ4v) is 0.931. The highest BCUT2D eigenvalue weighted by molar-refractivity contribution is 5.22. The van der Waals surface area contributed by atoms with E-state index in [1.165, 1.54) is 0 Å². The Morgan fingerprint density at radius 1 is 1.43 bits per heavy atom. The molecule has 0 radical (unpaired) electrons. The molecule has 0 amide bonds. The van der Waals surface area contributed by atoms with Crippen LogP contribution in [0.5, 0.6) is 5.75 Å². The first-order chi connectivity index (χ1) is 6.53. The third kappa shape index (κ3) is 3.34. The van der Waals surface area contributed by atoms with Gasteiger partial charge in [0.2, 0.25) is 0 Å². The average molecular weight is 195 g/mol. The highest BCUT2D eigenvalue weighted by atomic mass is 16.5. The lowest BCUT2D eigenvalue weighted by Gasteiger charge is -2.21. The van der Waals surface area contributed by atoms with Gasteiger partial charge in [-0.2, -0.15) is 0 Å². The van der Waals surface area contributed by atoms with Crippen molar-refractivity contribution in [3.63, 3.8) is 0 Å². The van der Waals surface area contributed by atoms with E-state index < -0.39 is 0 Å². The zero-order valence-corrected chi connectivity index (χ0v) is 8.95. The minimum absolute atomic E-state index is 0.117. The van der Waals surface area contributed by atoms with Crippen LogP contribution in [0.1, 0.15) is 19.4 Å². The van der Waals surface area contributed by atoms with Gasteiger partial charge in [-0.15, -0.1) is 0 Å². The van der Waals surface area contributed by atoms with Gasteiger partial charge in [0, 0.05) is 11.6 Å². The first-order valence-electron chi connectivity index (χ1n) is 4.69. The van der Waals surface area contributed by atoms with Crippen LogP contribution in [-0.2, 0) is 0 Å². The maximum atomic E-state index is 9.03. The van der Waals surface area contributed by atoms with Gasteiger partial charge in [-0.05, 0) is 18.6 Å². The summed E-state index contributed by atoms with van der Waals surface area (Å²) in [5.74, 6) is 0.756. The second kappa shape index (κ2) is 4.42.